The molecule has 0 aliphatic rings. The summed E-state index contributed by atoms with van der Waals surface area (Å²) in [5.74, 6) is 1.15. The van der Waals surface area contributed by atoms with E-state index in [9.17, 15) is 0 Å². The van der Waals surface area contributed by atoms with Crippen molar-refractivity contribution in [1.82, 2.24) is 9.97 Å². The number of rotatable bonds is 5. The molecule has 1 aromatic carbocycles. The first-order valence-electron chi connectivity index (χ1n) is 6.37. The Morgan fingerprint density at radius 1 is 1.25 bits per heavy atom. The van der Waals surface area contributed by atoms with Crippen molar-refractivity contribution in [1.29, 1.82) is 5.26 Å². The summed E-state index contributed by atoms with van der Waals surface area (Å²) in [6, 6.07) is 9.47. The summed E-state index contributed by atoms with van der Waals surface area (Å²) in [5.41, 5.74) is 1.77. The SMILES string of the molecule is CCCc1c(Cl)ncnc1Oc1ccc(CC#N)cc1. The first-order valence-corrected chi connectivity index (χ1v) is 6.75. The minimum atomic E-state index is 0.390. The minimum Gasteiger partial charge on any atom is -0.439 e. The summed E-state index contributed by atoms with van der Waals surface area (Å²) in [6.45, 7) is 2.06. The van der Waals surface area contributed by atoms with E-state index < -0.39 is 0 Å². The Kier molecular flexibility index (Phi) is 4.91. The normalized spacial score (nSPS) is 10.1. The molecule has 0 radical (unpaired) electrons. The third kappa shape index (κ3) is 3.46. The van der Waals surface area contributed by atoms with Crippen molar-refractivity contribution in [3.63, 3.8) is 0 Å². The molecule has 5 heteroatoms. The highest BCUT2D eigenvalue weighted by Crippen LogP contribution is 2.28. The van der Waals surface area contributed by atoms with Crippen LogP contribution in [-0.4, -0.2) is 9.97 Å². The number of nitriles is 1. The fraction of sp³-hybridized carbons (Fsp3) is 0.267. The van der Waals surface area contributed by atoms with Gasteiger partial charge in [0.15, 0.2) is 0 Å². The largest absolute Gasteiger partial charge is 0.439 e. The van der Waals surface area contributed by atoms with Gasteiger partial charge in [0.05, 0.1) is 18.1 Å². The van der Waals surface area contributed by atoms with E-state index in [1.807, 2.05) is 24.3 Å². The average molecular weight is 288 g/mol. The molecule has 1 heterocycles. The summed E-state index contributed by atoms with van der Waals surface area (Å²) >= 11 is 6.07. The van der Waals surface area contributed by atoms with Crippen LogP contribution in [0.1, 0.15) is 24.5 Å². The van der Waals surface area contributed by atoms with Gasteiger partial charge >= 0.3 is 0 Å². The summed E-state index contributed by atoms with van der Waals surface area (Å²) in [4.78, 5) is 8.12. The molecule has 0 saturated heterocycles. The topological polar surface area (TPSA) is 58.8 Å². The van der Waals surface area contributed by atoms with Crippen molar-refractivity contribution in [3.8, 4) is 17.7 Å². The third-order valence-electron chi connectivity index (χ3n) is 2.77. The van der Waals surface area contributed by atoms with Crippen LogP contribution in [0.5, 0.6) is 11.6 Å². The zero-order valence-electron chi connectivity index (χ0n) is 11.1. The van der Waals surface area contributed by atoms with E-state index in [4.69, 9.17) is 21.6 Å². The molecular weight excluding hydrogens is 274 g/mol. The van der Waals surface area contributed by atoms with E-state index in [0.717, 1.165) is 24.0 Å². The number of aromatic nitrogens is 2. The van der Waals surface area contributed by atoms with Gasteiger partial charge in [-0.25, -0.2) is 9.97 Å². The van der Waals surface area contributed by atoms with Crippen LogP contribution in [0.2, 0.25) is 5.15 Å². The molecule has 102 valence electrons. The van der Waals surface area contributed by atoms with Crippen LogP contribution < -0.4 is 4.74 Å². The van der Waals surface area contributed by atoms with E-state index in [1.165, 1.54) is 6.33 Å². The number of nitrogens with zero attached hydrogens (tertiary/aromatic N) is 3. The van der Waals surface area contributed by atoms with Gasteiger partial charge in [-0.3, -0.25) is 0 Å². The van der Waals surface area contributed by atoms with Crippen molar-refractivity contribution in [2.75, 3.05) is 0 Å². The monoisotopic (exact) mass is 287 g/mol. The van der Waals surface area contributed by atoms with Gasteiger partial charge in [-0.05, 0) is 24.1 Å². The zero-order valence-corrected chi connectivity index (χ0v) is 11.9. The Morgan fingerprint density at radius 2 is 2.00 bits per heavy atom. The average Bonchev–Trinajstić information content (AvgIpc) is 2.45. The van der Waals surface area contributed by atoms with Crippen molar-refractivity contribution < 1.29 is 4.74 Å². The van der Waals surface area contributed by atoms with Crippen LogP contribution in [0.15, 0.2) is 30.6 Å². The van der Waals surface area contributed by atoms with Crippen molar-refractivity contribution in [2.24, 2.45) is 0 Å². The second kappa shape index (κ2) is 6.88. The molecule has 0 bridgehead atoms. The zero-order chi connectivity index (χ0) is 14.4. The Balaban J connectivity index is 2.21. The fourth-order valence-corrected chi connectivity index (χ4v) is 2.02. The molecule has 0 unspecified atom stereocenters. The summed E-state index contributed by atoms with van der Waals surface area (Å²) in [7, 11) is 0. The van der Waals surface area contributed by atoms with Crippen LogP contribution >= 0.6 is 11.6 Å². The van der Waals surface area contributed by atoms with Crippen LogP contribution in [0.4, 0.5) is 0 Å². The molecule has 0 aliphatic carbocycles. The number of ether oxygens (including phenoxy) is 1. The van der Waals surface area contributed by atoms with Crippen molar-refractivity contribution in [3.05, 3.63) is 46.9 Å². The van der Waals surface area contributed by atoms with Crippen LogP contribution in [0, 0.1) is 11.3 Å². The molecule has 2 rings (SSSR count). The quantitative estimate of drug-likeness (QED) is 0.782. The fourth-order valence-electron chi connectivity index (χ4n) is 1.80. The molecule has 4 nitrogen and oxygen atoms in total. The van der Waals surface area contributed by atoms with Crippen LogP contribution in [-0.2, 0) is 12.8 Å². The van der Waals surface area contributed by atoms with Gasteiger partial charge in [-0.15, -0.1) is 0 Å². The van der Waals surface area contributed by atoms with Gasteiger partial charge in [0.25, 0.3) is 0 Å². The van der Waals surface area contributed by atoms with Gasteiger partial charge in [-0.2, -0.15) is 5.26 Å². The number of benzene rings is 1. The molecule has 0 spiro atoms. The molecule has 0 saturated carbocycles. The van der Waals surface area contributed by atoms with Gasteiger partial charge in [0, 0.05) is 0 Å². The van der Waals surface area contributed by atoms with E-state index in [0.29, 0.717) is 23.2 Å². The highest BCUT2D eigenvalue weighted by molar-refractivity contribution is 6.30. The molecule has 0 N–H and O–H groups in total. The number of hydrogen-bond donors (Lipinski definition) is 0. The lowest BCUT2D eigenvalue weighted by Crippen LogP contribution is -1.98. The first kappa shape index (κ1) is 14.3. The lowest BCUT2D eigenvalue weighted by atomic mass is 10.1. The molecule has 2 aromatic rings. The van der Waals surface area contributed by atoms with E-state index >= 15 is 0 Å². The Labute approximate surface area is 123 Å². The molecule has 0 atom stereocenters. The summed E-state index contributed by atoms with van der Waals surface area (Å²) in [5, 5.41) is 9.07. The highest BCUT2D eigenvalue weighted by atomic mass is 35.5. The predicted molar refractivity (Wildman–Crippen MR) is 76.9 cm³/mol. The second-order valence-corrected chi connectivity index (χ2v) is 4.64. The van der Waals surface area contributed by atoms with E-state index in [1.54, 1.807) is 0 Å². The van der Waals surface area contributed by atoms with Gasteiger partial charge in [0.1, 0.15) is 17.2 Å². The second-order valence-electron chi connectivity index (χ2n) is 4.28. The predicted octanol–water partition coefficient (Wildman–Crippen LogP) is 3.94. The van der Waals surface area contributed by atoms with E-state index in [-0.39, 0.29) is 0 Å². The molecule has 0 aliphatic heterocycles. The molecule has 1 aromatic heterocycles. The van der Waals surface area contributed by atoms with Gasteiger partial charge in [-0.1, -0.05) is 37.1 Å². The van der Waals surface area contributed by atoms with Crippen LogP contribution in [0.25, 0.3) is 0 Å². The Hall–Kier alpha value is -2.12. The summed E-state index contributed by atoms with van der Waals surface area (Å²) < 4.78 is 5.76. The maximum Gasteiger partial charge on any atom is 0.226 e. The van der Waals surface area contributed by atoms with Crippen molar-refractivity contribution >= 4 is 11.6 Å². The molecule has 0 amide bonds. The van der Waals surface area contributed by atoms with Crippen LogP contribution in [0.3, 0.4) is 0 Å². The lowest BCUT2D eigenvalue weighted by molar-refractivity contribution is 0.454. The molecular formula is C15H14ClN3O. The standard InChI is InChI=1S/C15H14ClN3O/c1-2-3-13-14(16)18-10-19-15(13)20-12-6-4-11(5-7-12)8-9-17/h4-7,10H,2-3,8H2,1H3. The lowest BCUT2D eigenvalue weighted by Gasteiger charge is -2.10. The van der Waals surface area contributed by atoms with E-state index in [2.05, 4.69) is 23.0 Å². The number of halogens is 1. The molecule has 20 heavy (non-hydrogen) atoms. The summed E-state index contributed by atoms with van der Waals surface area (Å²) in [6.07, 6.45) is 3.48. The van der Waals surface area contributed by atoms with Gasteiger partial charge in [0.2, 0.25) is 5.88 Å². The van der Waals surface area contributed by atoms with Gasteiger partial charge < -0.3 is 4.74 Å². The first-order chi connectivity index (χ1) is 9.74. The Morgan fingerprint density at radius 3 is 2.65 bits per heavy atom. The van der Waals surface area contributed by atoms with Crippen molar-refractivity contribution in [2.45, 2.75) is 26.2 Å². The highest BCUT2D eigenvalue weighted by Gasteiger charge is 2.11. The maximum absolute atomic E-state index is 8.64. The smallest absolute Gasteiger partial charge is 0.226 e. The number of hydrogen-bond acceptors (Lipinski definition) is 4. The Bertz CT molecular complexity index is 620. The minimum absolute atomic E-state index is 0.390. The maximum atomic E-state index is 8.64. The molecule has 0 fully saturated rings. The third-order valence-corrected chi connectivity index (χ3v) is 3.10.